The monoisotopic (exact) mass is 319 g/mol. The van der Waals surface area contributed by atoms with Crippen LogP contribution in [0, 0.1) is 13.8 Å². The summed E-state index contributed by atoms with van der Waals surface area (Å²) in [7, 11) is -2.05. The summed E-state index contributed by atoms with van der Waals surface area (Å²) in [6, 6.07) is 9.71. The van der Waals surface area contributed by atoms with E-state index in [-0.39, 0.29) is 4.90 Å². The Morgan fingerprint density at radius 2 is 1.77 bits per heavy atom. The maximum Gasteiger partial charge on any atom is 0.241 e. The molecule has 0 aliphatic carbocycles. The van der Waals surface area contributed by atoms with Crippen molar-refractivity contribution in [3.63, 3.8) is 0 Å². The first-order valence-electron chi connectivity index (χ1n) is 7.11. The molecule has 0 aliphatic heterocycles. The Morgan fingerprint density at radius 3 is 2.32 bits per heavy atom. The van der Waals surface area contributed by atoms with E-state index in [4.69, 9.17) is 0 Å². The molecule has 0 amide bonds. The fraction of sp³-hybridized carbons (Fsp3) is 0.312. The molecule has 1 aromatic heterocycles. The molecule has 0 radical (unpaired) electrons. The standard InChI is InChI=1S/C16H21N3O2S/c1-12-8-13(2)10-14(9-12)6-7-18-16-5-4-15(11-19-16)22(20,21)17-3/h4-5,8-11,17H,6-7H2,1-3H3,(H,18,19). The summed E-state index contributed by atoms with van der Waals surface area (Å²) in [5.41, 5.74) is 3.80. The van der Waals surface area contributed by atoms with Crippen LogP contribution in [0.4, 0.5) is 5.82 Å². The number of nitrogens with one attached hydrogen (secondary N) is 2. The zero-order valence-electron chi connectivity index (χ0n) is 13.1. The largest absolute Gasteiger partial charge is 0.370 e. The van der Waals surface area contributed by atoms with E-state index in [0.717, 1.165) is 13.0 Å². The van der Waals surface area contributed by atoms with E-state index in [1.807, 2.05) is 0 Å². The lowest BCUT2D eigenvalue weighted by molar-refractivity contribution is 0.588. The van der Waals surface area contributed by atoms with Crippen LogP contribution in [-0.4, -0.2) is 27.0 Å². The van der Waals surface area contributed by atoms with Crippen molar-refractivity contribution in [3.05, 3.63) is 53.2 Å². The third kappa shape index (κ3) is 4.29. The van der Waals surface area contributed by atoms with Gasteiger partial charge in [0, 0.05) is 12.7 Å². The SMILES string of the molecule is CNS(=O)(=O)c1ccc(NCCc2cc(C)cc(C)c2)nc1. The Kier molecular flexibility index (Phi) is 5.15. The average molecular weight is 319 g/mol. The lowest BCUT2D eigenvalue weighted by Crippen LogP contribution is -2.18. The second-order valence-corrected chi connectivity index (χ2v) is 7.15. The predicted molar refractivity (Wildman–Crippen MR) is 88.6 cm³/mol. The quantitative estimate of drug-likeness (QED) is 0.857. The molecule has 118 valence electrons. The van der Waals surface area contributed by atoms with Crippen molar-refractivity contribution in [2.75, 3.05) is 18.9 Å². The molecule has 5 nitrogen and oxygen atoms in total. The number of aromatic nitrogens is 1. The van der Waals surface area contributed by atoms with Crippen LogP contribution in [0.1, 0.15) is 16.7 Å². The molecule has 0 saturated carbocycles. The zero-order chi connectivity index (χ0) is 16.2. The topological polar surface area (TPSA) is 71.1 Å². The molecule has 0 atom stereocenters. The van der Waals surface area contributed by atoms with E-state index in [9.17, 15) is 8.42 Å². The molecule has 0 spiro atoms. The fourth-order valence-electron chi connectivity index (χ4n) is 2.31. The highest BCUT2D eigenvalue weighted by molar-refractivity contribution is 7.89. The first kappa shape index (κ1) is 16.5. The van der Waals surface area contributed by atoms with Gasteiger partial charge in [-0.1, -0.05) is 29.3 Å². The fourth-order valence-corrected chi connectivity index (χ4v) is 2.98. The van der Waals surface area contributed by atoms with Gasteiger partial charge in [-0.15, -0.1) is 0 Å². The van der Waals surface area contributed by atoms with Crippen molar-refractivity contribution in [3.8, 4) is 0 Å². The summed E-state index contributed by atoms with van der Waals surface area (Å²) < 4.78 is 25.5. The average Bonchev–Trinajstić information content (AvgIpc) is 2.47. The van der Waals surface area contributed by atoms with Crippen molar-refractivity contribution >= 4 is 15.8 Å². The number of nitrogens with zero attached hydrogens (tertiary/aromatic N) is 1. The summed E-state index contributed by atoms with van der Waals surface area (Å²) in [5, 5.41) is 3.20. The normalized spacial score (nSPS) is 11.4. The first-order valence-corrected chi connectivity index (χ1v) is 8.60. The molecule has 2 rings (SSSR count). The Labute approximate surface area is 131 Å². The second-order valence-electron chi connectivity index (χ2n) is 5.26. The number of aryl methyl sites for hydroxylation is 2. The van der Waals surface area contributed by atoms with Gasteiger partial charge in [-0.2, -0.15) is 0 Å². The first-order chi connectivity index (χ1) is 10.4. The van der Waals surface area contributed by atoms with Gasteiger partial charge in [0.05, 0.1) is 0 Å². The van der Waals surface area contributed by atoms with Crippen LogP contribution in [0.15, 0.2) is 41.4 Å². The minimum Gasteiger partial charge on any atom is -0.370 e. The smallest absolute Gasteiger partial charge is 0.241 e. The maximum atomic E-state index is 11.6. The molecule has 1 aromatic carbocycles. The number of benzene rings is 1. The van der Waals surface area contributed by atoms with Crippen molar-refractivity contribution < 1.29 is 8.42 Å². The third-order valence-corrected chi connectivity index (χ3v) is 4.72. The number of anilines is 1. The van der Waals surface area contributed by atoms with E-state index >= 15 is 0 Å². The minimum absolute atomic E-state index is 0.162. The van der Waals surface area contributed by atoms with Crippen molar-refractivity contribution in [2.45, 2.75) is 25.2 Å². The van der Waals surface area contributed by atoms with Crippen LogP contribution < -0.4 is 10.0 Å². The van der Waals surface area contributed by atoms with Crippen LogP contribution >= 0.6 is 0 Å². The minimum atomic E-state index is -3.43. The molecule has 0 bridgehead atoms. The van der Waals surface area contributed by atoms with E-state index < -0.39 is 10.0 Å². The summed E-state index contributed by atoms with van der Waals surface area (Å²) >= 11 is 0. The molecule has 0 aliphatic rings. The Balaban J connectivity index is 1.95. The molecule has 0 fully saturated rings. The Hall–Kier alpha value is -1.92. The van der Waals surface area contributed by atoms with Crippen LogP contribution in [0.5, 0.6) is 0 Å². The van der Waals surface area contributed by atoms with Gasteiger partial charge in [-0.05, 0) is 45.0 Å². The van der Waals surface area contributed by atoms with E-state index in [1.165, 1.54) is 36.0 Å². The van der Waals surface area contributed by atoms with Gasteiger partial charge < -0.3 is 5.32 Å². The molecule has 2 N–H and O–H groups in total. The van der Waals surface area contributed by atoms with Gasteiger partial charge >= 0.3 is 0 Å². The molecule has 22 heavy (non-hydrogen) atoms. The van der Waals surface area contributed by atoms with Crippen molar-refractivity contribution in [1.29, 1.82) is 0 Å². The summed E-state index contributed by atoms with van der Waals surface area (Å²) in [6.45, 7) is 4.92. The summed E-state index contributed by atoms with van der Waals surface area (Å²) in [5.74, 6) is 0.666. The highest BCUT2D eigenvalue weighted by Gasteiger charge is 2.11. The zero-order valence-corrected chi connectivity index (χ0v) is 13.9. The molecule has 2 aromatic rings. The van der Waals surface area contributed by atoms with Crippen molar-refractivity contribution in [2.24, 2.45) is 0 Å². The number of rotatable bonds is 6. The number of sulfonamides is 1. The Morgan fingerprint density at radius 1 is 1.09 bits per heavy atom. The van der Waals surface area contributed by atoms with E-state index in [0.29, 0.717) is 5.82 Å². The predicted octanol–water partition coefficient (Wildman–Crippen LogP) is 2.26. The number of pyridine rings is 1. The highest BCUT2D eigenvalue weighted by Crippen LogP contribution is 2.12. The van der Waals surface area contributed by atoms with E-state index in [2.05, 4.69) is 47.1 Å². The maximum absolute atomic E-state index is 11.6. The summed E-state index contributed by atoms with van der Waals surface area (Å²) in [4.78, 5) is 4.29. The van der Waals surface area contributed by atoms with E-state index in [1.54, 1.807) is 6.07 Å². The summed E-state index contributed by atoms with van der Waals surface area (Å²) in [6.07, 6.45) is 2.24. The van der Waals surface area contributed by atoms with Crippen LogP contribution in [0.25, 0.3) is 0 Å². The third-order valence-electron chi connectivity index (χ3n) is 3.32. The molecular formula is C16H21N3O2S. The molecule has 0 unspecified atom stereocenters. The van der Waals surface area contributed by atoms with Gasteiger partial charge in [0.25, 0.3) is 0 Å². The van der Waals surface area contributed by atoms with Crippen LogP contribution in [0.2, 0.25) is 0 Å². The number of hydrogen-bond donors (Lipinski definition) is 2. The molecule has 0 saturated heterocycles. The molecule has 6 heteroatoms. The van der Waals surface area contributed by atoms with Crippen LogP contribution in [-0.2, 0) is 16.4 Å². The lowest BCUT2D eigenvalue weighted by atomic mass is 10.1. The van der Waals surface area contributed by atoms with Crippen LogP contribution in [0.3, 0.4) is 0 Å². The Bertz CT molecular complexity index is 720. The second kappa shape index (κ2) is 6.89. The van der Waals surface area contributed by atoms with Gasteiger partial charge in [-0.25, -0.2) is 18.1 Å². The number of hydrogen-bond acceptors (Lipinski definition) is 4. The lowest BCUT2D eigenvalue weighted by Gasteiger charge is -2.08. The highest BCUT2D eigenvalue weighted by atomic mass is 32.2. The van der Waals surface area contributed by atoms with Crippen molar-refractivity contribution in [1.82, 2.24) is 9.71 Å². The van der Waals surface area contributed by atoms with Gasteiger partial charge in [0.2, 0.25) is 10.0 Å². The van der Waals surface area contributed by atoms with Gasteiger partial charge in [0.15, 0.2) is 0 Å². The molecular weight excluding hydrogens is 298 g/mol. The van der Waals surface area contributed by atoms with Gasteiger partial charge in [0.1, 0.15) is 10.7 Å². The van der Waals surface area contributed by atoms with Gasteiger partial charge in [-0.3, -0.25) is 0 Å². The molecule has 1 heterocycles.